The first-order chi connectivity index (χ1) is 10.4. The summed E-state index contributed by atoms with van der Waals surface area (Å²) in [4.78, 5) is 19.9. The predicted octanol–water partition coefficient (Wildman–Crippen LogP) is 3.53. The molecule has 0 unspecified atom stereocenters. The molecule has 2 rings (SSSR count). The zero-order valence-electron chi connectivity index (χ0n) is 13.7. The number of carbonyl (C=O) groups excluding carboxylic acids is 1. The summed E-state index contributed by atoms with van der Waals surface area (Å²) in [6.45, 7) is 6.03. The van der Waals surface area contributed by atoms with Crippen LogP contribution in [0, 0.1) is 13.8 Å². The van der Waals surface area contributed by atoms with E-state index < -0.39 is 0 Å². The molecule has 0 saturated heterocycles. The molecular formula is C17H22N2O2S. The van der Waals surface area contributed by atoms with Crippen molar-refractivity contribution < 1.29 is 9.53 Å². The molecule has 0 aliphatic heterocycles. The Labute approximate surface area is 135 Å². The molecule has 4 nitrogen and oxygen atoms in total. The summed E-state index contributed by atoms with van der Waals surface area (Å²) in [5.74, 6) is 0.823. The number of likely N-dealkylation sites (N-methyl/N-ethyl adjacent to an activating group) is 1. The number of ether oxygens (including phenoxy) is 1. The summed E-state index contributed by atoms with van der Waals surface area (Å²) in [7, 11) is 3.47. The van der Waals surface area contributed by atoms with E-state index in [9.17, 15) is 4.79 Å². The number of aryl methyl sites for hydroxylation is 2. The number of rotatable bonds is 5. The van der Waals surface area contributed by atoms with Crippen LogP contribution >= 0.6 is 11.3 Å². The van der Waals surface area contributed by atoms with Crippen LogP contribution in [0.5, 0.6) is 5.75 Å². The van der Waals surface area contributed by atoms with Gasteiger partial charge >= 0.3 is 0 Å². The molecule has 1 aromatic carbocycles. The van der Waals surface area contributed by atoms with Crippen molar-refractivity contribution in [2.24, 2.45) is 0 Å². The molecule has 2 aromatic rings. The maximum absolute atomic E-state index is 12.6. The van der Waals surface area contributed by atoms with Gasteiger partial charge in [-0.25, -0.2) is 4.98 Å². The highest BCUT2D eigenvalue weighted by Crippen LogP contribution is 2.29. The summed E-state index contributed by atoms with van der Waals surface area (Å²) < 4.78 is 5.31. The fourth-order valence-electron chi connectivity index (χ4n) is 2.46. The van der Waals surface area contributed by atoms with E-state index in [1.54, 1.807) is 23.3 Å². The maximum atomic E-state index is 12.6. The van der Waals surface area contributed by atoms with Gasteiger partial charge in [-0.15, -0.1) is 11.3 Å². The number of methoxy groups -OCH3 is 1. The Morgan fingerprint density at radius 1 is 1.36 bits per heavy atom. The summed E-state index contributed by atoms with van der Waals surface area (Å²) in [5, 5.41) is 1.03. The molecule has 0 fully saturated rings. The van der Waals surface area contributed by atoms with Gasteiger partial charge < -0.3 is 9.64 Å². The molecule has 0 N–H and O–H groups in total. The first kappa shape index (κ1) is 16.5. The standard InChI is InChI=1S/C17H22N2O2S/c1-11-17(22-13(3)18-11)12(2)19(4)16(20)10-14-8-6-7-9-15(14)21-5/h6-9,12H,10H2,1-5H3/t12-/m1/s1. The van der Waals surface area contributed by atoms with E-state index in [1.165, 1.54) is 0 Å². The second-order valence-corrected chi connectivity index (χ2v) is 6.59. The Kier molecular flexibility index (Phi) is 5.19. The monoisotopic (exact) mass is 318 g/mol. The zero-order chi connectivity index (χ0) is 16.3. The van der Waals surface area contributed by atoms with Gasteiger partial charge in [0.05, 0.1) is 30.3 Å². The van der Waals surface area contributed by atoms with Crippen LogP contribution in [0.4, 0.5) is 0 Å². The number of nitrogens with zero attached hydrogens (tertiary/aromatic N) is 2. The first-order valence-corrected chi connectivity index (χ1v) is 8.07. The molecule has 0 radical (unpaired) electrons. The number of benzene rings is 1. The van der Waals surface area contributed by atoms with E-state index >= 15 is 0 Å². The Morgan fingerprint density at radius 2 is 2.05 bits per heavy atom. The van der Waals surface area contributed by atoms with Crippen LogP contribution in [-0.2, 0) is 11.2 Å². The number of para-hydroxylation sites is 1. The molecule has 0 spiro atoms. The Hall–Kier alpha value is -1.88. The van der Waals surface area contributed by atoms with Crippen molar-refractivity contribution in [1.29, 1.82) is 0 Å². The predicted molar refractivity (Wildman–Crippen MR) is 89.5 cm³/mol. The average molecular weight is 318 g/mol. The minimum atomic E-state index is 0.0217. The van der Waals surface area contributed by atoms with E-state index in [4.69, 9.17) is 4.74 Å². The van der Waals surface area contributed by atoms with Crippen molar-refractivity contribution in [3.63, 3.8) is 0 Å². The lowest BCUT2D eigenvalue weighted by molar-refractivity contribution is -0.131. The minimum absolute atomic E-state index is 0.0217. The molecule has 0 saturated carbocycles. The van der Waals surface area contributed by atoms with Gasteiger partial charge in [0.15, 0.2) is 0 Å². The quantitative estimate of drug-likeness (QED) is 0.847. The number of hydrogen-bond acceptors (Lipinski definition) is 4. The molecule has 0 aliphatic rings. The molecule has 0 bridgehead atoms. The van der Waals surface area contributed by atoms with Crippen molar-refractivity contribution in [1.82, 2.24) is 9.88 Å². The van der Waals surface area contributed by atoms with Crippen molar-refractivity contribution in [3.05, 3.63) is 45.4 Å². The third-order valence-corrected chi connectivity index (χ3v) is 5.07. The van der Waals surface area contributed by atoms with Crippen molar-refractivity contribution in [2.45, 2.75) is 33.2 Å². The van der Waals surface area contributed by atoms with Crippen LogP contribution in [0.1, 0.15) is 34.1 Å². The van der Waals surface area contributed by atoms with E-state index in [0.29, 0.717) is 6.42 Å². The Balaban J connectivity index is 2.13. The third kappa shape index (κ3) is 3.47. The number of amides is 1. The molecule has 1 aromatic heterocycles. The normalized spacial score (nSPS) is 12.0. The maximum Gasteiger partial charge on any atom is 0.227 e. The van der Waals surface area contributed by atoms with Gasteiger partial charge in [0.1, 0.15) is 5.75 Å². The molecule has 1 atom stereocenters. The Bertz CT molecular complexity index is 666. The van der Waals surface area contributed by atoms with Gasteiger partial charge in [-0.05, 0) is 26.8 Å². The molecule has 5 heteroatoms. The van der Waals surface area contributed by atoms with Crippen LogP contribution in [-0.4, -0.2) is 29.9 Å². The second kappa shape index (κ2) is 6.92. The lowest BCUT2D eigenvalue weighted by atomic mass is 10.1. The molecular weight excluding hydrogens is 296 g/mol. The van der Waals surface area contributed by atoms with Gasteiger partial charge in [0.25, 0.3) is 0 Å². The number of hydrogen-bond donors (Lipinski definition) is 0. The van der Waals surface area contributed by atoms with Crippen LogP contribution in [0.3, 0.4) is 0 Å². The van der Waals surface area contributed by atoms with Gasteiger partial charge in [-0.2, -0.15) is 0 Å². The van der Waals surface area contributed by atoms with E-state index in [1.807, 2.05) is 52.1 Å². The highest BCUT2D eigenvalue weighted by molar-refractivity contribution is 7.11. The summed E-state index contributed by atoms with van der Waals surface area (Å²) >= 11 is 1.65. The lowest BCUT2D eigenvalue weighted by Crippen LogP contribution is -2.31. The molecule has 0 aliphatic carbocycles. The third-order valence-electron chi connectivity index (χ3n) is 3.83. The van der Waals surface area contributed by atoms with Crippen LogP contribution in [0.25, 0.3) is 0 Å². The number of aromatic nitrogens is 1. The van der Waals surface area contributed by atoms with Gasteiger partial charge in [-0.1, -0.05) is 18.2 Å². The second-order valence-electron chi connectivity index (χ2n) is 5.35. The van der Waals surface area contributed by atoms with E-state index in [0.717, 1.165) is 26.9 Å². The lowest BCUT2D eigenvalue weighted by Gasteiger charge is -2.25. The first-order valence-electron chi connectivity index (χ1n) is 7.25. The van der Waals surface area contributed by atoms with Gasteiger partial charge in [-0.3, -0.25) is 4.79 Å². The van der Waals surface area contributed by atoms with Crippen LogP contribution in [0.2, 0.25) is 0 Å². The number of thiazole rings is 1. The fraction of sp³-hybridized carbons (Fsp3) is 0.412. The van der Waals surface area contributed by atoms with Crippen LogP contribution in [0.15, 0.2) is 24.3 Å². The highest BCUT2D eigenvalue weighted by Gasteiger charge is 2.22. The van der Waals surface area contributed by atoms with E-state index in [-0.39, 0.29) is 11.9 Å². The molecule has 1 amide bonds. The number of carbonyl (C=O) groups is 1. The Morgan fingerprint density at radius 3 is 2.64 bits per heavy atom. The molecule has 118 valence electrons. The van der Waals surface area contributed by atoms with Gasteiger partial charge in [0, 0.05) is 17.5 Å². The smallest absolute Gasteiger partial charge is 0.227 e. The summed E-state index contributed by atoms with van der Waals surface area (Å²) in [6, 6.07) is 7.65. The topological polar surface area (TPSA) is 42.4 Å². The van der Waals surface area contributed by atoms with Crippen LogP contribution < -0.4 is 4.74 Å². The van der Waals surface area contributed by atoms with Crippen molar-refractivity contribution in [2.75, 3.05) is 14.2 Å². The van der Waals surface area contributed by atoms with Crippen molar-refractivity contribution >= 4 is 17.2 Å². The van der Waals surface area contributed by atoms with Gasteiger partial charge in [0.2, 0.25) is 5.91 Å². The summed E-state index contributed by atoms with van der Waals surface area (Å²) in [6.07, 6.45) is 0.335. The highest BCUT2D eigenvalue weighted by atomic mass is 32.1. The molecule has 22 heavy (non-hydrogen) atoms. The van der Waals surface area contributed by atoms with Crippen molar-refractivity contribution in [3.8, 4) is 5.75 Å². The fourth-order valence-corrected chi connectivity index (χ4v) is 3.49. The largest absolute Gasteiger partial charge is 0.496 e. The molecule has 1 heterocycles. The summed E-state index contributed by atoms with van der Waals surface area (Å²) in [5.41, 5.74) is 1.91. The SMILES string of the molecule is COc1ccccc1CC(=O)N(C)[C@H](C)c1sc(C)nc1C. The average Bonchev–Trinajstić information content (AvgIpc) is 2.84. The van der Waals surface area contributed by atoms with E-state index in [2.05, 4.69) is 4.98 Å². The zero-order valence-corrected chi connectivity index (χ0v) is 14.5. The minimum Gasteiger partial charge on any atom is -0.496 e.